The van der Waals surface area contributed by atoms with Crippen LogP contribution in [0.1, 0.15) is 26.7 Å². The molecule has 1 rings (SSSR count). The summed E-state index contributed by atoms with van der Waals surface area (Å²) in [6, 6.07) is 0. The van der Waals surface area contributed by atoms with Crippen molar-refractivity contribution in [1.82, 2.24) is 0 Å². The summed E-state index contributed by atoms with van der Waals surface area (Å²) in [5.41, 5.74) is 0. The Morgan fingerprint density at radius 3 is 2.43 bits per heavy atom. The summed E-state index contributed by atoms with van der Waals surface area (Å²) in [4.78, 5) is 0. The topological polar surface area (TPSA) is 9.23 Å². The second-order valence-electron chi connectivity index (χ2n) is 2.21. The first-order chi connectivity index (χ1) is 3.33. The van der Waals surface area contributed by atoms with Crippen molar-refractivity contribution in [1.29, 1.82) is 0 Å². The van der Waals surface area contributed by atoms with E-state index in [1.54, 1.807) is 0 Å². The highest BCUT2D eigenvalue weighted by molar-refractivity contribution is 4.71. The molecule has 1 aliphatic heterocycles. The summed E-state index contributed by atoms with van der Waals surface area (Å²) in [7, 11) is 0. The molecule has 0 aromatic carbocycles. The molecule has 0 bridgehead atoms. The maximum absolute atomic E-state index is 5.29. The van der Waals surface area contributed by atoms with Crippen molar-refractivity contribution >= 4 is 0 Å². The van der Waals surface area contributed by atoms with Gasteiger partial charge in [0.2, 0.25) is 0 Å². The van der Waals surface area contributed by atoms with Crippen LogP contribution in [0.4, 0.5) is 0 Å². The Labute approximate surface area is 44.7 Å². The third kappa shape index (κ3) is 0.942. The second kappa shape index (κ2) is 1.83. The van der Waals surface area contributed by atoms with Crippen LogP contribution >= 0.6 is 0 Å². The molecule has 1 aliphatic rings. The number of hydrogen-bond acceptors (Lipinski definition) is 1. The van der Waals surface area contributed by atoms with Crippen LogP contribution in [0.3, 0.4) is 0 Å². The van der Waals surface area contributed by atoms with Crippen LogP contribution in [0.2, 0.25) is 0 Å². The van der Waals surface area contributed by atoms with E-state index in [1.165, 1.54) is 12.8 Å². The van der Waals surface area contributed by atoms with E-state index in [1.807, 2.05) is 0 Å². The van der Waals surface area contributed by atoms with Crippen molar-refractivity contribution in [3.63, 3.8) is 0 Å². The summed E-state index contributed by atoms with van der Waals surface area (Å²) in [5, 5.41) is 0. The Balaban J connectivity index is 2.06. The first-order valence-corrected chi connectivity index (χ1v) is 2.98. The smallest absolute Gasteiger partial charge is 0.0600 e. The lowest BCUT2D eigenvalue weighted by Crippen LogP contribution is -2.34. The fourth-order valence-electron chi connectivity index (χ4n) is 0.951. The molecule has 0 spiro atoms. The van der Waals surface area contributed by atoms with Crippen LogP contribution < -0.4 is 0 Å². The molecule has 42 valence electrons. The summed E-state index contributed by atoms with van der Waals surface area (Å²) in [6.07, 6.45) is 3.60. The SMILES string of the molecule is CCC1CC(C)O1. The van der Waals surface area contributed by atoms with Crippen LogP contribution in [0.5, 0.6) is 0 Å². The summed E-state index contributed by atoms with van der Waals surface area (Å²) in [5.74, 6) is 0. The number of ether oxygens (including phenoxy) is 1. The van der Waals surface area contributed by atoms with E-state index in [9.17, 15) is 0 Å². The lowest BCUT2D eigenvalue weighted by molar-refractivity contribution is -0.114. The van der Waals surface area contributed by atoms with Gasteiger partial charge < -0.3 is 4.74 Å². The van der Waals surface area contributed by atoms with Crippen LogP contribution in [-0.2, 0) is 4.74 Å². The molecule has 0 radical (unpaired) electrons. The molecule has 1 saturated heterocycles. The van der Waals surface area contributed by atoms with Crippen molar-refractivity contribution in [2.24, 2.45) is 0 Å². The van der Waals surface area contributed by atoms with Gasteiger partial charge in [0.15, 0.2) is 0 Å². The zero-order chi connectivity index (χ0) is 5.28. The van der Waals surface area contributed by atoms with Crippen LogP contribution in [-0.4, -0.2) is 12.2 Å². The molecule has 0 amide bonds. The van der Waals surface area contributed by atoms with Crippen molar-refractivity contribution < 1.29 is 4.74 Å². The Kier molecular flexibility index (Phi) is 1.33. The van der Waals surface area contributed by atoms with Gasteiger partial charge in [0.1, 0.15) is 0 Å². The summed E-state index contributed by atoms with van der Waals surface area (Å²) >= 11 is 0. The Morgan fingerprint density at radius 2 is 2.29 bits per heavy atom. The molecule has 0 aromatic heterocycles. The zero-order valence-electron chi connectivity index (χ0n) is 4.98. The van der Waals surface area contributed by atoms with Gasteiger partial charge in [0.05, 0.1) is 12.2 Å². The van der Waals surface area contributed by atoms with Gasteiger partial charge in [-0.2, -0.15) is 0 Å². The highest BCUT2D eigenvalue weighted by Crippen LogP contribution is 2.21. The van der Waals surface area contributed by atoms with E-state index in [-0.39, 0.29) is 0 Å². The predicted molar refractivity (Wildman–Crippen MR) is 29.2 cm³/mol. The number of rotatable bonds is 1. The van der Waals surface area contributed by atoms with Crippen LogP contribution in [0.25, 0.3) is 0 Å². The minimum Gasteiger partial charge on any atom is -0.375 e. The van der Waals surface area contributed by atoms with E-state index in [0.29, 0.717) is 12.2 Å². The third-order valence-electron chi connectivity index (χ3n) is 1.47. The van der Waals surface area contributed by atoms with Crippen molar-refractivity contribution in [3.05, 3.63) is 0 Å². The van der Waals surface area contributed by atoms with Gasteiger partial charge >= 0.3 is 0 Å². The highest BCUT2D eigenvalue weighted by atomic mass is 16.5. The Bertz CT molecular complexity index is 55.2. The molecule has 1 nitrogen and oxygen atoms in total. The molecule has 0 aromatic rings. The van der Waals surface area contributed by atoms with Gasteiger partial charge in [-0.05, 0) is 19.8 Å². The summed E-state index contributed by atoms with van der Waals surface area (Å²) in [6.45, 7) is 4.28. The first kappa shape index (κ1) is 5.10. The van der Waals surface area contributed by atoms with E-state index < -0.39 is 0 Å². The highest BCUT2D eigenvalue weighted by Gasteiger charge is 2.23. The second-order valence-corrected chi connectivity index (χ2v) is 2.21. The summed E-state index contributed by atoms with van der Waals surface area (Å²) < 4.78 is 5.29. The largest absolute Gasteiger partial charge is 0.375 e. The van der Waals surface area contributed by atoms with Gasteiger partial charge in [-0.3, -0.25) is 0 Å². The van der Waals surface area contributed by atoms with Gasteiger partial charge in [-0.15, -0.1) is 0 Å². The quantitative estimate of drug-likeness (QED) is 0.486. The molecular weight excluding hydrogens is 88.1 g/mol. The van der Waals surface area contributed by atoms with Crippen molar-refractivity contribution in [2.45, 2.75) is 38.9 Å². The zero-order valence-corrected chi connectivity index (χ0v) is 4.98. The van der Waals surface area contributed by atoms with Gasteiger partial charge in [-0.1, -0.05) is 6.92 Å². The predicted octanol–water partition coefficient (Wildman–Crippen LogP) is 1.57. The van der Waals surface area contributed by atoms with E-state index in [2.05, 4.69) is 13.8 Å². The van der Waals surface area contributed by atoms with Crippen molar-refractivity contribution in [3.8, 4) is 0 Å². The van der Waals surface area contributed by atoms with E-state index >= 15 is 0 Å². The van der Waals surface area contributed by atoms with Crippen LogP contribution in [0.15, 0.2) is 0 Å². The Morgan fingerprint density at radius 1 is 1.71 bits per heavy atom. The fraction of sp³-hybridized carbons (Fsp3) is 1.00. The molecular formula is C6H12O. The monoisotopic (exact) mass is 100 g/mol. The average molecular weight is 100 g/mol. The average Bonchev–Trinajstić information content (AvgIpc) is 1.58. The Hall–Kier alpha value is -0.0400. The third-order valence-corrected chi connectivity index (χ3v) is 1.47. The lowest BCUT2D eigenvalue weighted by Gasteiger charge is -2.32. The van der Waals surface area contributed by atoms with E-state index in [0.717, 1.165) is 0 Å². The van der Waals surface area contributed by atoms with Crippen molar-refractivity contribution in [2.75, 3.05) is 0 Å². The molecule has 1 heteroatoms. The van der Waals surface area contributed by atoms with Crippen LogP contribution in [0, 0.1) is 0 Å². The normalized spacial score (nSPS) is 40.3. The molecule has 2 atom stereocenters. The minimum absolute atomic E-state index is 0.546. The van der Waals surface area contributed by atoms with Gasteiger partial charge in [0, 0.05) is 0 Å². The van der Waals surface area contributed by atoms with Gasteiger partial charge in [-0.25, -0.2) is 0 Å². The minimum atomic E-state index is 0.546. The first-order valence-electron chi connectivity index (χ1n) is 2.98. The standard InChI is InChI=1S/C6H12O/c1-3-6-4-5(2)7-6/h5-6H,3-4H2,1-2H3. The molecule has 0 aliphatic carbocycles. The maximum Gasteiger partial charge on any atom is 0.0600 e. The molecule has 1 heterocycles. The molecule has 1 fully saturated rings. The molecule has 7 heavy (non-hydrogen) atoms. The fourth-order valence-corrected chi connectivity index (χ4v) is 0.951. The molecule has 0 N–H and O–H groups in total. The van der Waals surface area contributed by atoms with Gasteiger partial charge in [0.25, 0.3) is 0 Å². The molecule has 0 saturated carbocycles. The van der Waals surface area contributed by atoms with E-state index in [4.69, 9.17) is 4.74 Å². The lowest BCUT2D eigenvalue weighted by atomic mass is 10.1. The maximum atomic E-state index is 5.29. The number of hydrogen-bond donors (Lipinski definition) is 0. The molecule has 2 unspecified atom stereocenters.